The van der Waals surface area contributed by atoms with Crippen molar-refractivity contribution in [3.8, 4) is 0 Å². The number of carbonyl (C=O) groups excluding carboxylic acids is 3. The van der Waals surface area contributed by atoms with Gasteiger partial charge in [0.2, 0.25) is 5.92 Å². The lowest BCUT2D eigenvalue weighted by molar-refractivity contribution is -0.158. The molecule has 1 N–H and O–H groups in total. The molecule has 0 aliphatic heterocycles. The molecule has 0 aromatic heterocycles. The molecule has 0 bridgehead atoms. The number of unbranched alkanes of at least 4 members (excludes halogenated alkanes) is 3. The SMILES string of the molecule is CCOC(=O)C(C(=O)OCC)C(=O)c1ccc(NCCCCCC[Si](C)(C)C)cc1. The average Bonchev–Trinajstić information content (AvgIpc) is 2.67. The highest BCUT2D eigenvalue weighted by Crippen LogP contribution is 2.17. The number of anilines is 1. The van der Waals surface area contributed by atoms with Gasteiger partial charge in [0, 0.05) is 25.9 Å². The van der Waals surface area contributed by atoms with E-state index < -0.39 is 31.7 Å². The summed E-state index contributed by atoms with van der Waals surface area (Å²) in [6, 6.07) is 8.18. The van der Waals surface area contributed by atoms with Crippen LogP contribution in [0.4, 0.5) is 5.69 Å². The maximum atomic E-state index is 12.7. The van der Waals surface area contributed by atoms with Crippen molar-refractivity contribution < 1.29 is 23.9 Å². The summed E-state index contributed by atoms with van der Waals surface area (Å²) in [4.78, 5) is 36.9. The van der Waals surface area contributed by atoms with Gasteiger partial charge in [-0.2, -0.15) is 0 Å². The van der Waals surface area contributed by atoms with Crippen molar-refractivity contribution in [1.82, 2.24) is 0 Å². The van der Waals surface area contributed by atoms with Crippen molar-refractivity contribution in [2.24, 2.45) is 5.92 Å². The zero-order valence-electron chi connectivity index (χ0n) is 19.1. The van der Waals surface area contributed by atoms with Gasteiger partial charge < -0.3 is 14.8 Å². The van der Waals surface area contributed by atoms with E-state index in [0.29, 0.717) is 0 Å². The van der Waals surface area contributed by atoms with Crippen LogP contribution in [0.15, 0.2) is 24.3 Å². The lowest BCUT2D eigenvalue weighted by atomic mass is 9.97. The van der Waals surface area contributed by atoms with Gasteiger partial charge in [-0.05, 0) is 44.5 Å². The minimum atomic E-state index is -1.58. The van der Waals surface area contributed by atoms with Gasteiger partial charge in [0.1, 0.15) is 0 Å². The van der Waals surface area contributed by atoms with Crippen LogP contribution in [0.1, 0.15) is 49.9 Å². The monoisotopic (exact) mass is 435 g/mol. The van der Waals surface area contributed by atoms with E-state index in [-0.39, 0.29) is 18.8 Å². The van der Waals surface area contributed by atoms with E-state index in [4.69, 9.17) is 9.47 Å². The van der Waals surface area contributed by atoms with E-state index in [0.717, 1.165) is 18.7 Å². The summed E-state index contributed by atoms with van der Waals surface area (Å²) < 4.78 is 9.76. The summed E-state index contributed by atoms with van der Waals surface area (Å²) in [5.41, 5.74) is 1.18. The molecule has 0 atom stereocenters. The Kier molecular flexibility index (Phi) is 11.4. The third-order valence-electron chi connectivity index (χ3n) is 4.66. The minimum Gasteiger partial charge on any atom is -0.465 e. The van der Waals surface area contributed by atoms with E-state index in [9.17, 15) is 14.4 Å². The van der Waals surface area contributed by atoms with Crippen molar-refractivity contribution >= 4 is 31.5 Å². The molecule has 6 nitrogen and oxygen atoms in total. The van der Waals surface area contributed by atoms with Gasteiger partial charge in [0.25, 0.3) is 0 Å². The Morgan fingerprint density at radius 3 is 1.90 bits per heavy atom. The molecule has 0 spiro atoms. The van der Waals surface area contributed by atoms with Crippen molar-refractivity contribution in [2.45, 2.75) is 65.2 Å². The molecule has 1 aromatic carbocycles. The minimum absolute atomic E-state index is 0.0863. The van der Waals surface area contributed by atoms with Gasteiger partial charge in [-0.1, -0.05) is 44.9 Å². The molecule has 168 valence electrons. The lowest BCUT2D eigenvalue weighted by Crippen LogP contribution is -2.35. The summed E-state index contributed by atoms with van der Waals surface area (Å²) in [6.45, 7) is 11.5. The van der Waals surface area contributed by atoms with Crippen LogP contribution in [0.25, 0.3) is 0 Å². The molecule has 0 radical (unpaired) electrons. The standard InChI is InChI=1S/C23H37NO5Si/c1-6-28-22(26)20(23(27)29-7-2)21(25)18-12-14-19(15-13-18)24-16-10-8-9-11-17-30(3,4)5/h12-15,20,24H,6-11,16-17H2,1-5H3. The van der Waals surface area contributed by atoms with Gasteiger partial charge in [0.05, 0.1) is 13.2 Å². The van der Waals surface area contributed by atoms with E-state index >= 15 is 0 Å². The number of Topliss-reactive ketones (excluding diaryl/α,β-unsaturated/α-hetero) is 1. The number of ketones is 1. The second-order valence-electron chi connectivity index (χ2n) is 8.53. The summed E-state index contributed by atoms with van der Waals surface area (Å²) >= 11 is 0. The fourth-order valence-electron chi connectivity index (χ4n) is 3.05. The first kappa shape index (κ1) is 25.9. The first-order valence-electron chi connectivity index (χ1n) is 10.9. The first-order chi connectivity index (χ1) is 14.2. The molecule has 1 rings (SSSR count). The number of nitrogens with one attached hydrogen (secondary N) is 1. The molecule has 0 saturated heterocycles. The van der Waals surface area contributed by atoms with Crippen LogP contribution in [0.3, 0.4) is 0 Å². The number of benzene rings is 1. The predicted octanol–water partition coefficient (Wildman–Crippen LogP) is 4.92. The maximum absolute atomic E-state index is 12.7. The fourth-order valence-corrected chi connectivity index (χ4v) is 4.36. The highest BCUT2D eigenvalue weighted by Gasteiger charge is 2.37. The molecule has 0 heterocycles. The van der Waals surface area contributed by atoms with Gasteiger partial charge in [-0.15, -0.1) is 0 Å². The molecule has 7 heteroatoms. The Bertz CT molecular complexity index is 664. The molecule has 0 amide bonds. The smallest absolute Gasteiger partial charge is 0.328 e. The lowest BCUT2D eigenvalue weighted by Gasteiger charge is -2.15. The highest BCUT2D eigenvalue weighted by molar-refractivity contribution is 6.76. The topological polar surface area (TPSA) is 81.7 Å². The molecule has 30 heavy (non-hydrogen) atoms. The summed E-state index contributed by atoms with van der Waals surface area (Å²) in [7, 11) is -0.926. The molecular weight excluding hydrogens is 398 g/mol. The van der Waals surface area contributed by atoms with E-state index in [1.165, 1.54) is 25.3 Å². The third kappa shape index (κ3) is 9.56. The van der Waals surface area contributed by atoms with Gasteiger partial charge >= 0.3 is 11.9 Å². The van der Waals surface area contributed by atoms with E-state index in [2.05, 4.69) is 25.0 Å². The van der Waals surface area contributed by atoms with Crippen LogP contribution >= 0.6 is 0 Å². The Labute approximate surface area is 181 Å². The highest BCUT2D eigenvalue weighted by atomic mass is 28.3. The number of carbonyl (C=O) groups is 3. The van der Waals surface area contributed by atoms with E-state index in [1.807, 2.05) is 0 Å². The number of esters is 2. The van der Waals surface area contributed by atoms with Gasteiger partial charge in [0.15, 0.2) is 5.78 Å². The van der Waals surface area contributed by atoms with Crippen molar-refractivity contribution in [2.75, 3.05) is 25.1 Å². The Morgan fingerprint density at radius 2 is 1.40 bits per heavy atom. The van der Waals surface area contributed by atoms with Crippen LogP contribution in [0, 0.1) is 5.92 Å². The zero-order chi connectivity index (χ0) is 22.6. The van der Waals surface area contributed by atoms with E-state index in [1.54, 1.807) is 38.1 Å². The van der Waals surface area contributed by atoms with Crippen LogP contribution in [-0.2, 0) is 19.1 Å². The van der Waals surface area contributed by atoms with Gasteiger partial charge in [-0.25, -0.2) is 0 Å². The molecule has 0 saturated carbocycles. The molecule has 0 aliphatic carbocycles. The van der Waals surface area contributed by atoms with Crippen molar-refractivity contribution in [3.63, 3.8) is 0 Å². The summed E-state index contributed by atoms with van der Waals surface area (Å²) in [5, 5.41) is 3.35. The molecule has 0 unspecified atom stereocenters. The second kappa shape index (κ2) is 13.2. The molecule has 0 fully saturated rings. The first-order valence-corrected chi connectivity index (χ1v) is 14.6. The average molecular weight is 436 g/mol. The normalized spacial score (nSPS) is 11.3. The third-order valence-corrected chi connectivity index (χ3v) is 6.51. The summed E-state index contributed by atoms with van der Waals surface area (Å²) in [5.74, 6) is -3.95. The molecule has 1 aromatic rings. The predicted molar refractivity (Wildman–Crippen MR) is 123 cm³/mol. The fraction of sp³-hybridized carbons (Fsp3) is 0.609. The Morgan fingerprint density at radius 1 is 0.867 bits per heavy atom. The molecule has 0 aliphatic rings. The van der Waals surface area contributed by atoms with Gasteiger partial charge in [-0.3, -0.25) is 14.4 Å². The number of ether oxygens (including phenoxy) is 2. The van der Waals surface area contributed by atoms with Crippen LogP contribution in [0.5, 0.6) is 0 Å². The Hall–Kier alpha value is -2.15. The van der Waals surface area contributed by atoms with Crippen LogP contribution < -0.4 is 5.32 Å². The maximum Gasteiger partial charge on any atom is 0.328 e. The largest absolute Gasteiger partial charge is 0.465 e. The van der Waals surface area contributed by atoms with Crippen molar-refractivity contribution in [1.29, 1.82) is 0 Å². The summed E-state index contributed by atoms with van der Waals surface area (Å²) in [6.07, 6.45) is 4.88. The second-order valence-corrected chi connectivity index (χ2v) is 14.2. The quantitative estimate of drug-likeness (QED) is 0.147. The Balaban J connectivity index is 2.55. The number of hydrogen-bond donors (Lipinski definition) is 1. The zero-order valence-corrected chi connectivity index (χ0v) is 20.1. The van der Waals surface area contributed by atoms with Crippen LogP contribution in [0.2, 0.25) is 25.7 Å². The van der Waals surface area contributed by atoms with Crippen LogP contribution in [-0.4, -0.2) is 45.6 Å². The van der Waals surface area contributed by atoms with Crippen molar-refractivity contribution in [3.05, 3.63) is 29.8 Å². The molecular formula is C23H37NO5Si. The number of hydrogen-bond acceptors (Lipinski definition) is 6. The number of rotatable bonds is 14.